The monoisotopic (exact) mass is 258 g/mol. The van der Waals surface area contributed by atoms with Crippen LogP contribution < -0.4 is 0 Å². The van der Waals surface area contributed by atoms with Crippen molar-refractivity contribution in [1.82, 2.24) is 20.2 Å². The zero-order chi connectivity index (χ0) is 13.3. The molecule has 6 nitrogen and oxygen atoms in total. The largest absolute Gasteiger partial charge is 0.478 e. The molecule has 0 aliphatic rings. The lowest BCUT2D eigenvalue weighted by Gasteiger charge is -2.02. The van der Waals surface area contributed by atoms with Crippen molar-refractivity contribution in [2.45, 2.75) is 6.18 Å². The molecule has 0 radical (unpaired) electrons. The minimum atomic E-state index is -4.73. The number of aromatic nitrogens is 4. The van der Waals surface area contributed by atoms with Crippen LogP contribution in [0, 0.1) is 0 Å². The number of tetrazole rings is 1. The Labute approximate surface area is 97.7 Å². The predicted octanol–water partition coefficient (Wildman–Crippen LogP) is 1.38. The van der Waals surface area contributed by atoms with Gasteiger partial charge in [0.05, 0.1) is 5.56 Å². The Kier molecular flexibility index (Phi) is 2.73. The molecule has 0 saturated carbocycles. The minimum absolute atomic E-state index is 0.0898. The van der Waals surface area contributed by atoms with Crippen LogP contribution in [0.2, 0.25) is 0 Å². The fourth-order valence-corrected chi connectivity index (χ4v) is 1.26. The van der Waals surface area contributed by atoms with Gasteiger partial charge in [-0.2, -0.15) is 13.2 Å². The van der Waals surface area contributed by atoms with Crippen molar-refractivity contribution in [3.63, 3.8) is 0 Å². The van der Waals surface area contributed by atoms with E-state index >= 15 is 0 Å². The van der Waals surface area contributed by atoms with E-state index in [2.05, 4.69) is 15.4 Å². The molecule has 1 aromatic heterocycles. The number of alkyl halides is 3. The van der Waals surface area contributed by atoms with Crippen molar-refractivity contribution >= 4 is 5.97 Å². The molecule has 0 amide bonds. The van der Waals surface area contributed by atoms with Gasteiger partial charge in [0.15, 0.2) is 0 Å². The maximum absolute atomic E-state index is 12.3. The standard InChI is InChI=1S/C9H5F3N4O2/c10-9(11,12)8-13-15-16(14-8)6-4-2-1-3-5(6)7(17)18/h1-4H,(H,17,18). The molecule has 0 aliphatic heterocycles. The van der Waals surface area contributed by atoms with Gasteiger partial charge < -0.3 is 5.11 Å². The van der Waals surface area contributed by atoms with Crippen molar-refractivity contribution in [1.29, 1.82) is 0 Å². The van der Waals surface area contributed by atoms with Gasteiger partial charge in [-0.25, -0.2) is 4.79 Å². The van der Waals surface area contributed by atoms with Crippen molar-refractivity contribution in [2.24, 2.45) is 0 Å². The van der Waals surface area contributed by atoms with E-state index in [9.17, 15) is 18.0 Å². The highest BCUT2D eigenvalue weighted by Gasteiger charge is 2.37. The normalized spacial score (nSPS) is 11.5. The van der Waals surface area contributed by atoms with E-state index < -0.39 is 18.0 Å². The lowest BCUT2D eigenvalue weighted by Crippen LogP contribution is -2.10. The number of rotatable bonds is 2. The van der Waals surface area contributed by atoms with Crippen LogP contribution >= 0.6 is 0 Å². The average Bonchev–Trinajstić information content (AvgIpc) is 2.77. The van der Waals surface area contributed by atoms with E-state index in [4.69, 9.17) is 5.11 Å². The third-order valence-corrected chi connectivity index (χ3v) is 2.02. The number of hydrogen-bond donors (Lipinski definition) is 1. The van der Waals surface area contributed by atoms with Gasteiger partial charge in [0.2, 0.25) is 0 Å². The Balaban J connectivity index is 2.50. The zero-order valence-electron chi connectivity index (χ0n) is 8.59. The summed E-state index contributed by atoms with van der Waals surface area (Å²) in [6.45, 7) is 0. The molecule has 0 unspecified atom stereocenters. The van der Waals surface area contributed by atoms with Crippen molar-refractivity contribution in [2.75, 3.05) is 0 Å². The van der Waals surface area contributed by atoms with E-state index in [0.717, 1.165) is 0 Å². The summed E-state index contributed by atoms with van der Waals surface area (Å²) in [5.41, 5.74) is -0.309. The Morgan fingerprint density at radius 3 is 2.50 bits per heavy atom. The van der Waals surface area contributed by atoms with Crippen LogP contribution in [-0.2, 0) is 6.18 Å². The van der Waals surface area contributed by atoms with Gasteiger partial charge in [0.25, 0.3) is 5.82 Å². The van der Waals surface area contributed by atoms with Gasteiger partial charge in [-0.05, 0) is 17.3 Å². The maximum Gasteiger partial charge on any atom is 0.455 e. The number of carboxylic acids is 1. The molecule has 2 rings (SSSR count). The molecule has 0 fully saturated rings. The summed E-state index contributed by atoms with van der Waals surface area (Å²) in [5.74, 6) is -2.72. The second-order valence-corrected chi connectivity index (χ2v) is 3.22. The van der Waals surface area contributed by atoms with Gasteiger partial charge >= 0.3 is 12.1 Å². The molecule has 0 spiro atoms. The quantitative estimate of drug-likeness (QED) is 0.880. The number of hydrogen-bond acceptors (Lipinski definition) is 4. The Morgan fingerprint density at radius 1 is 1.28 bits per heavy atom. The van der Waals surface area contributed by atoms with E-state index in [-0.39, 0.29) is 11.3 Å². The van der Waals surface area contributed by atoms with Crippen molar-refractivity contribution < 1.29 is 23.1 Å². The molecule has 0 saturated heterocycles. The topological polar surface area (TPSA) is 80.9 Å². The van der Waals surface area contributed by atoms with Gasteiger partial charge in [-0.3, -0.25) is 0 Å². The zero-order valence-corrected chi connectivity index (χ0v) is 8.59. The molecule has 1 aromatic carbocycles. The van der Waals surface area contributed by atoms with Crippen LogP contribution in [0.15, 0.2) is 24.3 Å². The first kappa shape index (κ1) is 12.0. The molecule has 0 atom stereocenters. The number of aromatic carboxylic acids is 1. The molecular weight excluding hydrogens is 253 g/mol. The summed E-state index contributed by atoms with van der Waals surface area (Å²) >= 11 is 0. The van der Waals surface area contributed by atoms with Crippen molar-refractivity contribution in [3.05, 3.63) is 35.7 Å². The first-order valence-corrected chi connectivity index (χ1v) is 4.59. The molecule has 1 N–H and O–H groups in total. The van der Waals surface area contributed by atoms with Crippen LogP contribution in [0.3, 0.4) is 0 Å². The molecule has 0 aliphatic carbocycles. The minimum Gasteiger partial charge on any atom is -0.478 e. The summed E-state index contributed by atoms with van der Waals surface area (Å²) < 4.78 is 36.8. The van der Waals surface area contributed by atoms with E-state index in [1.807, 2.05) is 0 Å². The molecule has 0 bridgehead atoms. The first-order chi connectivity index (χ1) is 8.39. The first-order valence-electron chi connectivity index (χ1n) is 4.59. The summed E-state index contributed by atoms with van der Waals surface area (Å²) in [5, 5.41) is 18.0. The molecule has 1 heterocycles. The number of benzene rings is 1. The third-order valence-electron chi connectivity index (χ3n) is 2.02. The van der Waals surface area contributed by atoms with Gasteiger partial charge in [0.1, 0.15) is 5.69 Å². The summed E-state index contributed by atoms with van der Waals surface area (Å²) in [4.78, 5) is 11.4. The maximum atomic E-state index is 12.3. The van der Waals surface area contributed by atoms with Crippen molar-refractivity contribution in [3.8, 4) is 5.69 Å². The second-order valence-electron chi connectivity index (χ2n) is 3.22. The molecule has 94 valence electrons. The summed E-state index contributed by atoms with van der Waals surface area (Å²) in [6.07, 6.45) is -4.73. The van der Waals surface area contributed by atoms with Crippen LogP contribution in [0.25, 0.3) is 5.69 Å². The van der Waals surface area contributed by atoms with E-state index in [0.29, 0.717) is 4.80 Å². The summed E-state index contributed by atoms with van der Waals surface area (Å²) in [6, 6.07) is 5.41. The number of para-hydroxylation sites is 1. The van der Waals surface area contributed by atoms with Gasteiger partial charge in [-0.15, -0.1) is 15.0 Å². The van der Waals surface area contributed by atoms with Crippen LogP contribution in [-0.4, -0.2) is 31.3 Å². The number of halogens is 3. The fraction of sp³-hybridized carbons (Fsp3) is 0.111. The third kappa shape index (κ3) is 2.14. The van der Waals surface area contributed by atoms with Crippen LogP contribution in [0.5, 0.6) is 0 Å². The highest BCUT2D eigenvalue weighted by Crippen LogP contribution is 2.25. The fourth-order valence-electron chi connectivity index (χ4n) is 1.26. The predicted molar refractivity (Wildman–Crippen MR) is 51.1 cm³/mol. The van der Waals surface area contributed by atoms with E-state index in [1.54, 1.807) is 0 Å². The number of nitrogens with zero attached hydrogens (tertiary/aromatic N) is 4. The lowest BCUT2D eigenvalue weighted by atomic mass is 10.2. The molecule has 9 heteroatoms. The Bertz CT molecular complexity index is 593. The highest BCUT2D eigenvalue weighted by atomic mass is 19.4. The number of carbonyl (C=O) groups is 1. The average molecular weight is 258 g/mol. The Hall–Kier alpha value is -2.45. The van der Waals surface area contributed by atoms with Crippen LogP contribution in [0.1, 0.15) is 16.2 Å². The number of carboxylic acid groups (broad SMARTS) is 1. The summed E-state index contributed by atoms with van der Waals surface area (Å²) in [7, 11) is 0. The van der Waals surface area contributed by atoms with Crippen LogP contribution in [0.4, 0.5) is 13.2 Å². The van der Waals surface area contributed by atoms with E-state index in [1.165, 1.54) is 24.3 Å². The molecule has 18 heavy (non-hydrogen) atoms. The molecule has 2 aromatic rings. The lowest BCUT2D eigenvalue weighted by molar-refractivity contribution is -0.145. The SMILES string of the molecule is O=C(O)c1ccccc1-n1nnc(C(F)(F)F)n1. The second kappa shape index (κ2) is 4.09. The van der Waals surface area contributed by atoms with Gasteiger partial charge in [-0.1, -0.05) is 12.1 Å². The molecular formula is C9H5F3N4O2. The highest BCUT2D eigenvalue weighted by molar-refractivity contribution is 5.91. The smallest absolute Gasteiger partial charge is 0.455 e. The van der Waals surface area contributed by atoms with Gasteiger partial charge in [0, 0.05) is 0 Å². The Morgan fingerprint density at radius 2 is 1.94 bits per heavy atom.